The molecule has 1 aliphatic heterocycles. The molecule has 0 aromatic heterocycles. The molecule has 1 heterocycles. The van der Waals surface area contributed by atoms with Gasteiger partial charge >= 0.3 is 0 Å². The first-order valence-corrected chi connectivity index (χ1v) is 10.6. The van der Waals surface area contributed by atoms with Gasteiger partial charge in [0, 0.05) is 25.3 Å². The minimum Gasteiger partial charge on any atom is -0.377 e. The third-order valence-corrected chi connectivity index (χ3v) is 5.93. The molecule has 2 aromatic carbocycles. The number of nitrogens with one attached hydrogen (secondary N) is 2. The molecule has 27 heavy (non-hydrogen) atoms. The summed E-state index contributed by atoms with van der Waals surface area (Å²) >= 11 is 0. The van der Waals surface area contributed by atoms with Crippen molar-refractivity contribution in [3.8, 4) is 0 Å². The molecule has 2 N–H and O–H groups in total. The number of amides is 1. The summed E-state index contributed by atoms with van der Waals surface area (Å²) < 4.78 is 32.7. The molecule has 1 unspecified atom stereocenters. The SMILES string of the molecule is O=C(NCCc1ccccc1)c1ccc(S(=O)(=O)NCC2CCCO2)cc1. The summed E-state index contributed by atoms with van der Waals surface area (Å²) in [4.78, 5) is 12.3. The van der Waals surface area contributed by atoms with E-state index in [-0.39, 0.29) is 23.5 Å². The second kappa shape index (κ2) is 9.12. The lowest BCUT2D eigenvalue weighted by molar-refractivity contribution is 0.0954. The van der Waals surface area contributed by atoms with Gasteiger partial charge in [0.1, 0.15) is 0 Å². The third-order valence-electron chi connectivity index (χ3n) is 4.49. The summed E-state index contributed by atoms with van der Waals surface area (Å²) in [5.41, 5.74) is 1.58. The minimum atomic E-state index is -3.60. The molecule has 0 saturated carbocycles. The van der Waals surface area contributed by atoms with Gasteiger partial charge in [-0.25, -0.2) is 13.1 Å². The summed E-state index contributed by atoms with van der Waals surface area (Å²) in [6, 6.07) is 15.8. The Balaban J connectivity index is 1.51. The van der Waals surface area contributed by atoms with E-state index in [9.17, 15) is 13.2 Å². The average Bonchev–Trinajstić information content (AvgIpc) is 3.21. The van der Waals surface area contributed by atoms with Gasteiger partial charge in [0.2, 0.25) is 10.0 Å². The van der Waals surface area contributed by atoms with Crippen molar-refractivity contribution in [3.63, 3.8) is 0 Å². The number of ether oxygens (including phenoxy) is 1. The van der Waals surface area contributed by atoms with Crippen molar-refractivity contribution in [1.29, 1.82) is 0 Å². The second-order valence-electron chi connectivity index (χ2n) is 6.50. The number of rotatable bonds is 8. The van der Waals surface area contributed by atoms with E-state index in [1.807, 2.05) is 30.3 Å². The molecule has 1 amide bonds. The van der Waals surface area contributed by atoms with Crippen LogP contribution in [0.4, 0.5) is 0 Å². The Morgan fingerprint density at radius 2 is 1.81 bits per heavy atom. The topological polar surface area (TPSA) is 84.5 Å². The summed E-state index contributed by atoms with van der Waals surface area (Å²) in [6.45, 7) is 1.47. The van der Waals surface area contributed by atoms with Crippen LogP contribution in [0.2, 0.25) is 0 Å². The number of hydrogen-bond donors (Lipinski definition) is 2. The van der Waals surface area contributed by atoms with Gasteiger partial charge in [-0.2, -0.15) is 0 Å². The average molecular weight is 388 g/mol. The van der Waals surface area contributed by atoms with E-state index in [1.165, 1.54) is 24.3 Å². The highest BCUT2D eigenvalue weighted by Crippen LogP contribution is 2.14. The quantitative estimate of drug-likeness (QED) is 0.725. The highest BCUT2D eigenvalue weighted by Gasteiger charge is 2.20. The lowest BCUT2D eigenvalue weighted by atomic mass is 10.1. The molecule has 2 aromatic rings. The highest BCUT2D eigenvalue weighted by atomic mass is 32.2. The molecule has 0 spiro atoms. The molecule has 1 saturated heterocycles. The Bertz CT molecular complexity index is 845. The molecule has 0 bridgehead atoms. The summed E-state index contributed by atoms with van der Waals surface area (Å²) in [6.07, 6.45) is 2.51. The van der Waals surface area contributed by atoms with Gasteiger partial charge in [-0.05, 0) is 49.1 Å². The molecule has 6 nitrogen and oxygen atoms in total. The molecule has 1 aliphatic rings. The third kappa shape index (κ3) is 5.63. The standard InChI is InChI=1S/C20H24N2O4S/c23-20(21-13-12-16-5-2-1-3-6-16)17-8-10-19(11-9-17)27(24,25)22-15-18-7-4-14-26-18/h1-3,5-6,8-11,18,22H,4,7,12-15H2,(H,21,23). The van der Waals surface area contributed by atoms with Gasteiger partial charge in [0.05, 0.1) is 11.0 Å². The van der Waals surface area contributed by atoms with Crippen LogP contribution in [0.5, 0.6) is 0 Å². The van der Waals surface area contributed by atoms with Crippen LogP contribution < -0.4 is 10.0 Å². The van der Waals surface area contributed by atoms with Crippen LogP contribution in [-0.2, 0) is 21.2 Å². The van der Waals surface area contributed by atoms with Crippen molar-refractivity contribution in [2.75, 3.05) is 19.7 Å². The Hall–Kier alpha value is -2.22. The van der Waals surface area contributed by atoms with Gasteiger partial charge in [-0.1, -0.05) is 30.3 Å². The summed E-state index contributed by atoms with van der Waals surface area (Å²) in [7, 11) is -3.60. The molecular formula is C20H24N2O4S. The van der Waals surface area contributed by atoms with Gasteiger partial charge < -0.3 is 10.1 Å². The molecule has 1 fully saturated rings. The van der Waals surface area contributed by atoms with E-state index in [1.54, 1.807) is 0 Å². The predicted molar refractivity (Wildman–Crippen MR) is 103 cm³/mol. The molecule has 1 atom stereocenters. The zero-order chi connectivity index (χ0) is 19.1. The van der Waals surface area contributed by atoms with Gasteiger partial charge in [-0.15, -0.1) is 0 Å². The Morgan fingerprint density at radius 3 is 2.48 bits per heavy atom. The number of hydrogen-bond acceptors (Lipinski definition) is 4. The number of carbonyl (C=O) groups is 1. The van der Waals surface area contributed by atoms with Crippen LogP contribution in [0.25, 0.3) is 0 Å². The Kier molecular flexibility index (Phi) is 6.60. The van der Waals surface area contributed by atoms with Crippen LogP contribution in [0.15, 0.2) is 59.5 Å². The highest BCUT2D eigenvalue weighted by molar-refractivity contribution is 7.89. The van der Waals surface area contributed by atoms with Crippen LogP contribution >= 0.6 is 0 Å². The van der Waals surface area contributed by atoms with E-state index >= 15 is 0 Å². The maximum Gasteiger partial charge on any atom is 0.251 e. The predicted octanol–water partition coefficient (Wildman–Crippen LogP) is 2.12. The van der Waals surface area contributed by atoms with Crippen molar-refractivity contribution in [3.05, 3.63) is 65.7 Å². The van der Waals surface area contributed by atoms with E-state index in [4.69, 9.17) is 4.74 Å². The van der Waals surface area contributed by atoms with Crippen LogP contribution in [-0.4, -0.2) is 40.1 Å². The van der Waals surface area contributed by atoms with Crippen molar-refractivity contribution < 1.29 is 17.9 Å². The lowest BCUT2D eigenvalue weighted by Crippen LogP contribution is -2.32. The normalized spacial score (nSPS) is 17.0. The van der Waals surface area contributed by atoms with E-state index < -0.39 is 10.0 Å². The van der Waals surface area contributed by atoms with Crippen molar-refractivity contribution >= 4 is 15.9 Å². The van der Waals surface area contributed by atoms with E-state index in [0.29, 0.717) is 18.7 Å². The fraction of sp³-hybridized carbons (Fsp3) is 0.350. The smallest absolute Gasteiger partial charge is 0.251 e. The Labute approximate surface area is 160 Å². The first-order chi connectivity index (χ1) is 13.0. The molecule has 0 aliphatic carbocycles. The second-order valence-corrected chi connectivity index (χ2v) is 8.27. The van der Waals surface area contributed by atoms with Gasteiger partial charge in [0.25, 0.3) is 5.91 Å². The zero-order valence-corrected chi connectivity index (χ0v) is 15.9. The Morgan fingerprint density at radius 1 is 1.07 bits per heavy atom. The summed E-state index contributed by atoms with van der Waals surface area (Å²) in [5, 5.41) is 2.85. The minimum absolute atomic E-state index is 0.0607. The van der Waals surface area contributed by atoms with Crippen LogP contribution in [0.1, 0.15) is 28.8 Å². The van der Waals surface area contributed by atoms with Crippen molar-refractivity contribution in [2.24, 2.45) is 0 Å². The largest absolute Gasteiger partial charge is 0.377 e. The van der Waals surface area contributed by atoms with E-state index in [0.717, 1.165) is 24.8 Å². The molecule has 0 radical (unpaired) electrons. The lowest BCUT2D eigenvalue weighted by Gasteiger charge is -2.12. The molecule has 144 valence electrons. The molecule has 7 heteroatoms. The maximum absolute atomic E-state index is 12.3. The molecular weight excluding hydrogens is 364 g/mol. The monoisotopic (exact) mass is 388 g/mol. The number of sulfonamides is 1. The number of carbonyl (C=O) groups excluding carboxylic acids is 1. The van der Waals surface area contributed by atoms with Crippen molar-refractivity contribution in [1.82, 2.24) is 10.0 Å². The van der Waals surface area contributed by atoms with Gasteiger partial charge in [-0.3, -0.25) is 4.79 Å². The molecule has 3 rings (SSSR count). The fourth-order valence-corrected chi connectivity index (χ4v) is 4.01. The first-order valence-electron chi connectivity index (χ1n) is 9.08. The fourth-order valence-electron chi connectivity index (χ4n) is 2.94. The maximum atomic E-state index is 12.3. The van der Waals surface area contributed by atoms with E-state index in [2.05, 4.69) is 10.0 Å². The van der Waals surface area contributed by atoms with Crippen LogP contribution in [0.3, 0.4) is 0 Å². The first kappa shape index (κ1) is 19.5. The number of benzene rings is 2. The zero-order valence-electron chi connectivity index (χ0n) is 15.1. The van der Waals surface area contributed by atoms with Crippen molar-refractivity contribution in [2.45, 2.75) is 30.3 Å². The van der Waals surface area contributed by atoms with Crippen LogP contribution in [0, 0.1) is 0 Å². The van der Waals surface area contributed by atoms with Gasteiger partial charge in [0.15, 0.2) is 0 Å². The summed E-state index contributed by atoms with van der Waals surface area (Å²) in [5.74, 6) is -0.220.